The zero-order chi connectivity index (χ0) is 24.5. The van der Waals surface area contributed by atoms with Gasteiger partial charge in [0.05, 0.1) is 25.3 Å². The van der Waals surface area contributed by atoms with E-state index < -0.39 is 18.3 Å². The van der Waals surface area contributed by atoms with Gasteiger partial charge in [-0.25, -0.2) is 4.39 Å². The van der Waals surface area contributed by atoms with E-state index in [0.717, 1.165) is 44.6 Å². The van der Waals surface area contributed by atoms with Crippen molar-refractivity contribution >= 4 is 17.8 Å². The molecule has 0 aromatic carbocycles. The van der Waals surface area contributed by atoms with Crippen molar-refractivity contribution in [2.75, 3.05) is 32.7 Å². The fourth-order valence-electron chi connectivity index (χ4n) is 8.00. The van der Waals surface area contributed by atoms with Crippen LogP contribution in [0.2, 0.25) is 0 Å². The maximum absolute atomic E-state index is 14.7. The summed E-state index contributed by atoms with van der Waals surface area (Å²) < 4.78 is 14.7. The average molecular weight is 490 g/mol. The molecule has 5 N–H and O–H groups in total. The molecule has 2 bridgehead atoms. The first kappa shape index (κ1) is 23.9. The first-order valence-electron chi connectivity index (χ1n) is 13.4. The number of nitrogens with zero attached hydrogens (tertiary/aromatic N) is 4. The summed E-state index contributed by atoms with van der Waals surface area (Å²) in [4.78, 5) is 27.5. The lowest BCUT2D eigenvalue weighted by Crippen LogP contribution is -2.63. The third-order valence-electron chi connectivity index (χ3n) is 10.3. The molecule has 3 saturated heterocycles. The molecular formula is C25H40FN7O2. The maximum Gasteiger partial charge on any atom is 0.232 e. The number of fused-ring (bicyclic) bond motifs is 3. The van der Waals surface area contributed by atoms with Crippen LogP contribution in [0.15, 0.2) is 9.98 Å². The van der Waals surface area contributed by atoms with Gasteiger partial charge in [0, 0.05) is 49.7 Å². The second-order valence-electron chi connectivity index (χ2n) is 12.2. The van der Waals surface area contributed by atoms with Gasteiger partial charge in [0.25, 0.3) is 0 Å². The molecule has 1 amide bonds. The highest BCUT2D eigenvalue weighted by molar-refractivity contribution is 6.06. The lowest BCUT2D eigenvalue weighted by atomic mass is 9.82. The van der Waals surface area contributed by atoms with Crippen LogP contribution in [0.4, 0.5) is 4.39 Å². The number of aliphatic hydroxyl groups is 1. The molecule has 0 spiro atoms. The van der Waals surface area contributed by atoms with Crippen LogP contribution in [-0.2, 0) is 4.79 Å². The molecule has 0 radical (unpaired) electrons. The number of amides is 1. The van der Waals surface area contributed by atoms with E-state index in [-0.39, 0.29) is 47.6 Å². The standard InChI is InChI=1S/C25H40FN7O2/c1-24-9-14(26)11-29-16-10-25(24,2)23(24)31-21(27)20(16)22(35)30-17-12-28-6-5-18(17)32-7-8-33-15(13-32)3-4-19(33)34/h6,14-15,17-21,23,31,34H,3-5,7-13,27H2,1-2H3,(H,30,35)/t14?,15-,17?,18?,19?,20?,21?,23?,24?,25?/m1/s1. The number of hydrogen-bond donors (Lipinski definition) is 4. The van der Waals surface area contributed by atoms with Gasteiger partial charge in [-0.15, -0.1) is 0 Å². The van der Waals surface area contributed by atoms with Crippen LogP contribution in [0.5, 0.6) is 0 Å². The summed E-state index contributed by atoms with van der Waals surface area (Å²) in [5.74, 6) is -0.740. The molecule has 6 aliphatic rings. The Labute approximate surface area is 206 Å². The predicted octanol–water partition coefficient (Wildman–Crippen LogP) is -0.115. The zero-order valence-electron chi connectivity index (χ0n) is 20.9. The number of hydrogen-bond acceptors (Lipinski definition) is 8. The number of nitrogens with one attached hydrogen (secondary N) is 2. The minimum absolute atomic E-state index is 0.0921. The number of alkyl halides is 1. The summed E-state index contributed by atoms with van der Waals surface area (Å²) in [6.45, 7) is 7.58. The molecule has 10 heteroatoms. The molecule has 6 rings (SSSR count). The monoisotopic (exact) mass is 489 g/mol. The summed E-state index contributed by atoms with van der Waals surface area (Å²) in [5, 5.41) is 17.0. The van der Waals surface area contributed by atoms with Crippen LogP contribution in [-0.4, -0.2) is 108 Å². The van der Waals surface area contributed by atoms with Crippen molar-refractivity contribution in [3.05, 3.63) is 0 Å². The van der Waals surface area contributed by atoms with Crippen LogP contribution in [0, 0.1) is 16.7 Å². The number of piperazine rings is 1. The van der Waals surface area contributed by atoms with Crippen molar-refractivity contribution < 1.29 is 14.3 Å². The Morgan fingerprint density at radius 2 is 2.11 bits per heavy atom. The molecule has 35 heavy (non-hydrogen) atoms. The van der Waals surface area contributed by atoms with Gasteiger partial charge < -0.3 is 16.2 Å². The third-order valence-corrected chi connectivity index (χ3v) is 10.3. The Kier molecular flexibility index (Phi) is 5.84. The summed E-state index contributed by atoms with van der Waals surface area (Å²) >= 11 is 0. The Hall–Kier alpha value is -1.46. The fraction of sp³-hybridized carbons (Fsp3) is 0.880. The van der Waals surface area contributed by atoms with Crippen molar-refractivity contribution in [3.63, 3.8) is 0 Å². The van der Waals surface area contributed by atoms with Crippen LogP contribution in [0.25, 0.3) is 0 Å². The largest absolute Gasteiger partial charge is 0.378 e. The first-order chi connectivity index (χ1) is 16.7. The summed E-state index contributed by atoms with van der Waals surface area (Å²) in [7, 11) is 0. The Morgan fingerprint density at radius 1 is 1.29 bits per heavy atom. The minimum Gasteiger partial charge on any atom is -0.378 e. The molecular weight excluding hydrogens is 449 g/mol. The molecule has 5 aliphatic heterocycles. The normalized spacial score (nSPS) is 49.9. The number of aliphatic hydroxyl groups excluding tert-OH is 1. The quantitative estimate of drug-likeness (QED) is 0.439. The van der Waals surface area contributed by atoms with Crippen LogP contribution in [0.1, 0.15) is 46.0 Å². The number of halogens is 1. The fourth-order valence-corrected chi connectivity index (χ4v) is 8.00. The van der Waals surface area contributed by atoms with Gasteiger partial charge in [-0.05, 0) is 42.9 Å². The van der Waals surface area contributed by atoms with E-state index in [4.69, 9.17) is 5.73 Å². The Morgan fingerprint density at radius 3 is 2.94 bits per heavy atom. The molecule has 10 atom stereocenters. The van der Waals surface area contributed by atoms with Crippen LogP contribution >= 0.6 is 0 Å². The van der Waals surface area contributed by atoms with E-state index in [1.165, 1.54) is 0 Å². The van der Waals surface area contributed by atoms with Crippen LogP contribution in [0.3, 0.4) is 0 Å². The highest BCUT2D eigenvalue weighted by Crippen LogP contribution is 2.69. The number of rotatable bonds is 3. The zero-order valence-corrected chi connectivity index (χ0v) is 20.9. The van der Waals surface area contributed by atoms with Gasteiger partial charge in [0.1, 0.15) is 18.3 Å². The summed E-state index contributed by atoms with van der Waals surface area (Å²) in [6.07, 6.45) is 3.89. The smallest absolute Gasteiger partial charge is 0.232 e. The van der Waals surface area contributed by atoms with Crippen molar-refractivity contribution in [2.45, 2.75) is 88.7 Å². The molecule has 194 valence electrons. The molecule has 9 unspecified atom stereocenters. The maximum atomic E-state index is 14.7. The van der Waals surface area contributed by atoms with Gasteiger partial charge in [-0.1, -0.05) is 13.8 Å². The molecule has 4 fully saturated rings. The van der Waals surface area contributed by atoms with Gasteiger partial charge in [0.2, 0.25) is 5.91 Å². The lowest BCUT2D eigenvalue weighted by molar-refractivity contribution is -0.125. The lowest BCUT2D eigenvalue weighted by Gasteiger charge is -2.45. The van der Waals surface area contributed by atoms with Gasteiger partial charge in [0.15, 0.2) is 0 Å². The van der Waals surface area contributed by atoms with Crippen molar-refractivity contribution in [2.24, 2.45) is 32.5 Å². The minimum atomic E-state index is -0.996. The van der Waals surface area contributed by atoms with Crippen molar-refractivity contribution in [3.8, 4) is 0 Å². The number of aliphatic imine (C=N–C) groups is 2. The second kappa shape index (κ2) is 8.55. The van der Waals surface area contributed by atoms with Crippen molar-refractivity contribution in [1.82, 2.24) is 20.4 Å². The van der Waals surface area contributed by atoms with Crippen molar-refractivity contribution in [1.29, 1.82) is 0 Å². The third kappa shape index (κ3) is 3.79. The van der Waals surface area contributed by atoms with Gasteiger partial charge >= 0.3 is 0 Å². The average Bonchev–Trinajstić information content (AvgIpc) is 3.07. The van der Waals surface area contributed by atoms with E-state index in [9.17, 15) is 14.3 Å². The molecule has 1 aliphatic carbocycles. The molecule has 0 aromatic rings. The first-order valence-corrected chi connectivity index (χ1v) is 13.4. The number of carbonyl (C=O) groups is 1. The molecule has 9 nitrogen and oxygen atoms in total. The van der Waals surface area contributed by atoms with E-state index in [0.29, 0.717) is 25.4 Å². The van der Waals surface area contributed by atoms with Crippen LogP contribution < -0.4 is 16.4 Å². The van der Waals surface area contributed by atoms with Gasteiger partial charge in [-0.3, -0.25) is 29.9 Å². The molecule has 0 aromatic heterocycles. The topological polar surface area (TPSA) is 119 Å². The molecule has 1 saturated carbocycles. The highest BCUT2D eigenvalue weighted by atomic mass is 19.1. The second-order valence-corrected chi connectivity index (χ2v) is 12.2. The van der Waals surface area contributed by atoms with Gasteiger partial charge in [-0.2, -0.15) is 0 Å². The Balaban J connectivity index is 1.19. The number of nitrogens with two attached hydrogens (primary N) is 1. The molecule has 5 heterocycles. The summed E-state index contributed by atoms with van der Waals surface area (Å²) in [5.41, 5.74) is 7.04. The summed E-state index contributed by atoms with van der Waals surface area (Å²) in [6, 6.07) is 0.511. The SMILES string of the molecule is CC12CC3=NCC(F)CC1(C)C2NC(N)C3C(=O)NC1CN=CCC1N1CCN2C(O)CC[C@@H]2C1. The van der Waals surface area contributed by atoms with E-state index in [2.05, 4.69) is 44.3 Å². The highest BCUT2D eigenvalue weighted by Gasteiger charge is 2.73. The van der Waals surface area contributed by atoms with E-state index >= 15 is 0 Å². The Bertz CT molecular complexity index is 931. The number of carbonyl (C=O) groups excluding carboxylic acids is 1. The predicted molar refractivity (Wildman–Crippen MR) is 132 cm³/mol. The van der Waals surface area contributed by atoms with E-state index in [1.807, 2.05) is 6.21 Å². The van der Waals surface area contributed by atoms with E-state index in [1.54, 1.807) is 0 Å².